The highest BCUT2D eigenvalue weighted by molar-refractivity contribution is 5.84. The maximum atomic E-state index is 9.95. The van der Waals surface area contributed by atoms with E-state index in [1.807, 2.05) is 24.3 Å². The molecular weight excluding hydrogens is 400 g/mol. The van der Waals surface area contributed by atoms with Crippen molar-refractivity contribution in [3.8, 4) is 11.5 Å². The predicted octanol–water partition coefficient (Wildman–Crippen LogP) is 4.06. The molecule has 0 saturated carbocycles. The molecule has 2 rings (SSSR count). The number of phenols is 2. The SMILES string of the molecule is CC(C)c1ccc(O)c(C=NCCNCCNCCN=Cc2cc(C(C)C)ccc2O)c1. The molecule has 4 N–H and O–H groups in total. The van der Waals surface area contributed by atoms with Gasteiger partial charge >= 0.3 is 0 Å². The molecule has 0 aromatic heterocycles. The Morgan fingerprint density at radius 3 is 1.47 bits per heavy atom. The lowest BCUT2D eigenvalue weighted by atomic mass is 10.0. The monoisotopic (exact) mass is 438 g/mol. The molecule has 174 valence electrons. The average Bonchev–Trinajstić information content (AvgIpc) is 2.76. The maximum Gasteiger partial charge on any atom is 0.124 e. The molecule has 0 atom stereocenters. The van der Waals surface area contributed by atoms with Gasteiger partial charge in [0.2, 0.25) is 0 Å². The van der Waals surface area contributed by atoms with Crippen molar-refractivity contribution in [2.45, 2.75) is 39.5 Å². The number of hydrogen-bond donors (Lipinski definition) is 4. The summed E-state index contributed by atoms with van der Waals surface area (Å²) in [6.07, 6.45) is 3.49. The Labute approximate surface area is 192 Å². The van der Waals surface area contributed by atoms with E-state index in [-0.39, 0.29) is 11.5 Å². The average molecular weight is 439 g/mol. The first-order chi connectivity index (χ1) is 15.4. The molecule has 0 radical (unpaired) electrons. The van der Waals surface area contributed by atoms with E-state index in [2.05, 4.69) is 48.3 Å². The fourth-order valence-corrected chi connectivity index (χ4v) is 3.11. The second kappa shape index (κ2) is 13.7. The molecule has 0 spiro atoms. The van der Waals surface area contributed by atoms with Gasteiger partial charge in [0.25, 0.3) is 0 Å². The van der Waals surface area contributed by atoms with Gasteiger partial charge in [0.05, 0.1) is 13.1 Å². The Morgan fingerprint density at radius 1 is 0.688 bits per heavy atom. The number of rotatable bonds is 13. The Bertz CT molecular complexity index is 818. The molecule has 0 fully saturated rings. The second-order valence-corrected chi connectivity index (χ2v) is 8.52. The van der Waals surface area contributed by atoms with Crippen molar-refractivity contribution in [1.29, 1.82) is 0 Å². The lowest BCUT2D eigenvalue weighted by molar-refractivity contribution is 0.473. The molecule has 0 bridgehead atoms. The zero-order valence-corrected chi connectivity index (χ0v) is 19.8. The summed E-state index contributed by atoms with van der Waals surface area (Å²) in [5.41, 5.74) is 3.92. The number of aromatic hydroxyl groups is 2. The molecule has 2 aromatic carbocycles. The Hall–Kier alpha value is -2.70. The molecule has 0 amide bonds. The summed E-state index contributed by atoms with van der Waals surface area (Å²) in [6, 6.07) is 11.3. The first-order valence-corrected chi connectivity index (χ1v) is 11.5. The lowest BCUT2D eigenvalue weighted by Gasteiger charge is -2.08. The number of benzene rings is 2. The van der Waals surface area contributed by atoms with Crippen molar-refractivity contribution in [2.24, 2.45) is 9.98 Å². The zero-order valence-electron chi connectivity index (χ0n) is 19.8. The predicted molar refractivity (Wildman–Crippen MR) is 135 cm³/mol. The minimum atomic E-state index is 0.265. The van der Waals surface area contributed by atoms with Gasteiger partial charge in [-0.15, -0.1) is 0 Å². The van der Waals surface area contributed by atoms with E-state index in [9.17, 15) is 10.2 Å². The van der Waals surface area contributed by atoms with Gasteiger partial charge in [-0.25, -0.2) is 0 Å². The number of phenolic OH excluding ortho intramolecular Hbond substituents is 2. The quantitative estimate of drug-likeness (QED) is 0.280. The lowest BCUT2D eigenvalue weighted by Crippen LogP contribution is -2.30. The first-order valence-electron chi connectivity index (χ1n) is 11.5. The van der Waals surface area contributed by atoms with Crippen molar-refractivity contribution in [3.05, 3.63) is 58.7 Å². The van der Waals surface area contributed by atoms with Gasteiger partial charge in [-0.3, -0.25) is 9.98 Å². The van der Waals surface area contributed by atoms with Gasteiger partial charge in [0.1, 0.15) is 11.5 Å². The second-order valence-electron chi connectivity index (χ2n) is 8.52. The van der Waals surface area contributed by atoms with Gasteiger partial charge in [0, 0.05) is 49.7 Å². The van der Waals surface area contributed by atoms with Crippen LogP contribution in [0.25, 0.3) is 0 Å². The first kappa shape index (κ1) is 25.6. The van der Waals surface area contributed by atoms with Crippen LogP contribution in [0, 0.1) is 0 Å². The summed E-state index contributed by atoms with van der Waals surface area (Å²) < 4.78 is 0. The largest absolute Gasteiger partial charge is 0.507 e. The summed E-state index contributed by atoms with van der Waals surface area (Å²) in [5, 5.41) is 26.6. The van der Waals surface area contributed by atoms with Crippen molar-refractivity contribution < 1.29 is 10.2 Å². The molecule has 0 unspecified atom stereocenters. The van der Waals surface area contributed by atoms with Crippen molar-refractivity contribution in [2.75, 3.05) is 39.3 Å². The molecule has 0 aliphatic heterocycles. The Balaban J connectivity index is 1.57. The highest BCUT2D eigenvalue weighted by Crippen LogP contribution is 2.22. The Kier molecular flexibility index (Phi) is 10.9. The summed E-state index contributed by atoms with van der Waals surface area (Å²) in [7, 11) is 0. The molecule has 2 aromatic rings. The summed E-state index contributed by atoms with van der Waals surface area (Å²) in [6.45, 7) is 13.1. The van der Waals surface area contributed by atoms with Crippen molar-refractivity contribution >= 4 is 12.4 Å². The highest BCUT2D eigenvalue weighted by atomic mass is 16.3. The molecule has 0 saturated heterocycles. The van der Waals surface area contributed by atoms with E-state index < -0.39 is 0 Å². The molecule has 6 heteroatoms. The van der Waals surface area contributed by atoms with Crippen LogP contribution in [0.4, 0.5) is 0 Å². The minimum absolute atomic E-state index is 0.265. The number of nitrogens with zero attached hydrogens (tertiary/aromatic N) is 2. The van der Waals surface area contributed by atoms with Crippen LogP contribution in [0.3, 0.4) is 0 Å². The molecule has 32 heavy (non-hydrogen) atoms. The van der Waals surface area contributed by atoms with Gasteiger partial charge < -0.3 is 20.8 Å². The molecule has 0 aliphatic carbocycles. The van der Waals surface area contributed by atoms with E-state index in [4.69, 9.17) is 0 Å². The fourth-order valence-electron chi connectivity index (χ4n) is 3.11. The van der Waals surface area contributed by atoms with E-state index in [0.717, 1.165) is 37.3 Å². The van der Waals surface area contributed by atoms with Crippen LogP contribution in [-0.2, 0) is 0 Å². The van der Waals surface area contributed by atoms with Gasteiger partial charge in [-0.1, -0.05) is 39.8 Å². The van der Waals surface area contributed by atoms with Crippen LogP contribution in [-0.4, -0.2) is 61.9 Å². The van der Waals surface area contributed by atoms with E-state index in [1.165, 1.54) is 11.1 Å². The van der Waals surface area contributed by atoms with E-state index >= 15 is 0 Å². The molecule has 0 heterocycles. The van der Waals surface area contributed by atoms with Crippen LogP contribution in [0.15, 0.2) is 46.4 Å². The minimum Gasteiger partial charge on any atom is -0.507 e. The third-order valence-electron chi connectivity index (χ3n) is 5.21. The van der Waals surface area contributed by atoms with Crippen molar-refractivity contribution in [1.82, 2.24) is 10.6 Å². The molecular formula is C26H38N4O2. The van der Waals surface area contributed by atoms with E-state index in [0.29, 0.717) is 24.9 Å². The summed E-state index contributed by atoms with van der Waals surface area (Å²) in [5.74, 6) is 1.37. The van der Waals surface area contributed by atoms with Crippen LogP contribution in [0.1, 0.15) is 61.8 Å². The van der Waals surface area contributed by atoms with Gasteiger partial charge in [-0.2, -0.15) is 0 Å². The van der Waals surface area contributed by atoms with Crippen LogP contribution in [0.2, 0.25) is 0 Å². The molecule has 6 nitrogen and oxygen atoms in total. The number of hydrogen-bond acceptors (Lipinski definition) is 6. The van der Waals surface area contributed by atoms with Crippen LogP contribution in [0.5, 0.6) is 11.5 Å². The third-order valence-corrected chi connectivity index (χ3v) is 5.21. The summed E-state index contributed by atoms with van der Waals surface area (Å²) >= 11 is 0. The van der Waals surface area contributed by atoms with Crippen molar-refractivity contribution in [3.63, 3.8) is 0 Å². The number of aliphatic imine (C=N–C) groups is 2. The van der Waals surface area contributed by atoms with Gasteiger partial charge in [-0.05, 0) is 47.2 Å². The zero-order chi connectivity index (χ0) is 23.3. The van der Waals surface area contributed by atoms with Crippen LogP contribution < -0.4 is 10.6 Å². The normalized spacial score (nSPS) is 12.1. The molecule has 0 aliphatic rings. The smallest absolute Gasteiger partial charge is 0.124 e. The highest BCUT2D eigenvalue weighted by Gasteiger charge is 2.04. The topological polar surface area (TPSA) is 89.2 Å². The fraction of sp³-hybridized carbons (Fsp3) is 0.462. The van der Waals surface area contributed by atoms with E-state index in [1.54, 1.807) is 24.6 Å². The Morgan fingerprint density at radius 2 is 1.09 bits per heavy atom. The summed E-state index contributed by atoms with van der Waals surface area (Å²) in [4.78, 5) is 8.81. The van der Waals surface area contributed by atoms with Crippen LogP contribution >= 0.6 is 0 Å². The maximum absolute atomic E-state index is 9.95. The number of nitrogens with one attached hydrogen (secondary N) is 2. The van der Waals surface area contributed by atoms with Gasteiger partial charge in [0.15, 0.2) is 0 Å². The standard InChI is InChI=1S/C26H38N4O2/c1-19(2)21-5-7-25(31)23(15-21)17-29-13-11-27-9-10-28-12-14-30-18-24-16-22(20(3)4)6-8-26(24)32/h5-8,15-20,27-28,31-32H,9-14H2,1-4H3. The third kappa shape index (κ3) is 8.81.